The van der Waals surface area contributed by atoms with E-state index in [-0.39, 0.29) is 0 Å². The number of carboxylic acid groups (broad SMARTS) is 1. The molecule has 0 radical (unpaired) electrons. The maximum atomic E-state index is 10.3. The van der Waals surface area contributed by atoms with Crippen LogP contribution in [0.3, 0.4) is 0 Å². The number of carboxylic acids is 1. The Balaban J connectivity index is 3.42. The highest BCUT2D eigenvalue weighted by atomic mass is 16.4. The maximum absolute atomic E-state index is 10.3. The Morgan fingerprint density at radius 1 is 0.905 bits per heavy atom. The lowest BCUT2D eigenvalue weighted by atomic mass is 10.1. The molecule has 0 aliphatic heterocycles. The summed E-state index contributed by atoms with van der Waals surface area (Å²) in [5, 5.41) is 18.1. The minimum Gasteiger partial charge on any atom is -0.512 e. The molecule has 0 fully saturated rings. The summed E-state index contributed by atoms with van der Waals surface area (Å²) in [5.41, 5.74) is 0. The van der Waals surface area contributed by atoms with Crippen molar-refractivity contribution in [3.63, 3.8) is 0 Å². The number of aliphatic hydroxyl groups excluding tert-OH is 1. The zero-order valence-electron chi connectivity index (χ0n) is 13.3. The summed E-state index contributed by atoms with van der Waals surface area (Å²) >= 11 is 0. The van der Waals surface area contributed by atoms with Gasteiger partial charge in [0.2, 0.25) is 0 Å². The topological polar surface area (TPSA) is 57.5 Å². The second-order valence-electron chi connectivity index (χ2n) is 5.19. The van der Waals surface area contributed by atoms with E-state index in [9.17, 15) is 9.90 Å². The maximum Gasteiger partial charge on any atom is 0.303 e. The van der Waals surface area contributed by atoms with Gasteiger partial charge in [-0.2, -0.15) is 0 Å². The molecule has 3 heteroatoms. The number of carbonyl (C=O) groups is 1. The summed E-state index contributed by atoms with van der Waals surface area (Å²) in [7, 11) is 0. The smallest absolute Gasteiger partial charge is 0.303 e. The number of aliphatic carboxylic acids is 1. The predicted molar refractivity (Wildman–Crippen MR) is 88.5 cm³/mol. The van der Waals surface area contributed by atoms with Crippen molar-refractivity contribution >= 4 is 5.97 Å². The fraction of sp³-hybridized carbons (Fsp3) is 0.611. The van der Waals surface area contributed by atoms with E-state index < -0.39 is 5.97 Å². The Labute approximate surface area is 129 Å². The standard InChI is InChI=1S/C18H30O3/c1-2-3-11-14-17(19)15-12-9-7-5-4-6-8-10-13-16-18(20)21/h3,7,9,11,15,19H,2,4-6,8,10,12-14,16H2,1H3,(H,20,21)/b9-7-,11-3-,17-15+. The number of hydrogen-bond donors (Lipinski definition) is 2. The fourth-order valence-corrected chi connectivity index (χ4v) is 1.94. The summed E-state index contributed by atoms with van der Waals surface area (Å²) in [6.45, 7) is 2.08. The van der Waals surface area contributed by atoms with E-state index in [1.165, 1.54) is 0 Å². The number of hydrogen-bond acceptors (Lipinski definition) is 2. The highest BCUT2D eigenvalue weighted by molar-refractivity contribution is 5.66. The lowest BCUT2D eigenvalue weighted by Crippen LogP contribution is -1.93. The van der Waals surface area contributed by atoms with Crippen molar-refractivity contribution in [1.82, 2.24) is 0 Å². The van der Waals surface area contributed by atoms with Gasteiger partial charge in [0.25, 0.3) is 0 Å². The Hall–Kier alpha value is -1.51. The lowest BCUT2D eigenvalue weighted by molar-refractivity contribution is -0.137. The minimum absolute atomic E-state index is 0.295. The van der Waals surface area contributed by atoms with E-state index >= 15 is 0 Å². The van der Waals surface area contributed by atoms with Crippen LogP contribution in [0.1, 0.15) is 71.1 Å². The Kier molecular flexibility index (Phi) is 13.8. The second kappa shape index (κ2) is 14.9. The number of unbranched alkanes of at least 4 members (excludes halogenated alkanes) is 5. The molecular weight excluding hydrogens is 264 g/mol. The third-order valence-corrected chi connectivity index (χ3v) is 3.15. The molecule has 0 aliphatic carbocycles. The van der Waals surface area contributed by atoms with Crippen LogP contribution in [0, 0.1) is 0 Å². The van der Waals surface area contributed by atoms with E-state index in [1.54, 1.807) is 0 Å². The lowest BCUT2D eigenvalue weighted by Gasteiger charge is -1.98. The molecule has 0 atom stereocenters. The van der Waals surface area contributed by atoms with Crippen molar-refractivity contribution in [3.05, 3.63) is 36.1 Å². The molecule has 0 heterocycles. The van der Waals surface area contributed by atoms with E-state index in [0.29, 0.717) is 18.6 Å². The van der Waals surface area contributed by atoms with Crippen LogP contribution in [0.2, 0.25) is 0 Å². The van der Waals surface area contributed by atoms with Crippen molar-refractivity contribution in [2.75, 3.05) is 0 Å². The molecule has 0 bridgehead atoms. The van der Waals surface area contributed by atoms with Crippen LogP contribution in [0.25, 0.3) is 0 Å². The Morgan fingerprint density at radius 3 is 2.33 bits per heavy atom. The fourth-order valence-electron chi connectivity index (χ4n) is 1.94. The van der Waals surface area contributed by atoms with Crippen molar-refractivity contribution in [1.29, 1.82) is 0 Å². The monoisotopic (exact) mass is 294 g/mol. The van der Waals surface area contributed by atoms with Gasteiger partial charge in [-0.25, -0.2) is 0 Å². The first-order chi connectivity index (χ1) is 10.2. The van der Waals surface area contributed by atoms with Crippen LogP contribution in [0.4, 0.5) is 0 Å². The molecule has 0 aliphatic rings. The molecule has 0 unspecified atom stereocenters. The van der Waals surface area contributed by atoms with Crippen molar-refractivity contribution in [3.8, 4) is 0 Å². The van der Waals surface area contributed by atoms with Crippen LogP contribution in [0.5, 0.6) is 0 Å². The molecule has 3 nitrogen and oxygen atoms in total. The highest BCUT2D eigenvalue weighted by Gasteiger charge is 1.95. The van der Waals surface area contributed by atoms with Crippen molar-refractivity contribution in [2.45, 2.75) is 71.1 Å². The molecule has 0 amide bonds. The summed E-state index contributed by atoms with van der Waals surface area (Å²) in [4.78, 5) is 10.3. The molecule has 0 rings (SSSR count). The van der Waals surface area contributed by atoms with E-state index in [2.05, 4.69) is 25.2 Å². The van der Waals surface area contributed by atoms with Crippen LogP contribution < -0.4 is 0 Å². The highest BCUT2D eigenvalue weighted by Crippen LogP contribution is 2.08. The van der Waals surface area contributed by atoms with Gasteiger partial charge in [-0.1, -0.05) is 50.5 Å². The average molecular weight is 294 g/mol. The molecule has 0 spiro atoms. The molecule has 0 aromatic heterocycles. The van der Waals surface area contributed by atoms with Gasteiger partial charge >= 0.3 is 5.97 Å². The number of rotatable bonds is 13. The molecule has 21 heavy (non-hydrogen) atoms. The van der Waals surface area contributed by atoms with Gasteiger partial charge in [-0.15, -0.1) is 0 Å². The first kappa shape index (κ1) is 19.5. The van der Waals surface area contributed by atoms with Gasteiger partial charge in [0.1, 0.15) is 0 Å². The normalized spacial score (nSPS) is 12.5. The zero-order chi connectivity index (χ0) is 15.8. The molecular formula is C18H30O3. The molecule has 120 valence electrons. The molecule has 2 N–H and O–H groups in total. The van der Waals surface area contributed by atoms with Gasteiger partial charge in [-0.3, -0.25) is 4.79 Å². The minimum atomic E-state index is -0.695. The van der Waals surface area contributed by atoms with E-state index in [0.717, 1.165) is 51.4 Å². The SMILES string of the molecule is CC/C=C\C/C(O)=C\C/C=C\CCCCCCCC(=O)O. The zero-order valence-corrected chi connectivity index (χ0v) is 13.3. The molecule has 0 aromatic rings. The van der Waals surface area contributed by atoms with Crippen LogP contribution in [-0.2, 0) is 4.79 Å². The first-order valence-electron chi connectivity index (χ1n) is 8.06. The van der Waals surface area contributed by atoms with Crippen molar-refractivity contribution in [2.24, 2.45) is 0 Å². The second-order valence-corrected chi connectivity index (χ2v) is 5.19. The Morgan fingerprint density at radius 2 is 1.62 bits per heavy atom. The number of allylic oxidation sites excluding steroid dienone is 5. The molecule has 0 aromatic carbocycles. The quantitative estimate of drug-likeness (QED) is 0.266. The van der Waals surface area contributed by atoms with E-state index in [4.69, 9.17) is 5.11 Å². The van der Waals surface area contributed by atoms with Crippen LogP contribution >= 0.6 is 0 Å². The van der Waals surface area contributed by atoms with Gasteiger partial charge in [-0.05, 0) is 38.2 Å². The first-order valence-corrected chi connectivity index (χ1v) is 8.06. The summed E-state index contributed by atoms with van der Waals surface area (Å²) in [6, 6.07) is 0. The van der Waals surface area contributed by atoms with Crippen molar-refractivity contribution < 1.29 is 15.0 Å². The third-order valence-electron chi connectivity index (χ3n) is 3.15. The Bertz CT molecular complexity index is 340. The average Bonchev–Trinajstić information content (AvgIpc) is 2.44. The molecule has 0 saturated heterocycles. The largest absolute Gasteiger partial charge is 0.512 e. The van der Waals surface area contributed by atoms with Gasteiger partial charge < -0.3 is 10.2 Å². The van der Waals surface area contributed by atoms with Crippen LogP contribution in [0.15, 0.2) is 36.1 Å². The third kappa shape index (κ3) is 16.4. The van der Waals surface area contributed by atoms with E-state index in [1.807, 2.05) is 12.2 Å². The van der Waals surface area contributed by atoms with Gasteiger partial charge in [0.15, 0.2) is 0 Å². The van der Waals surface area contributed by atoms with Gasteiger partial charge in [0, 0.05) is 12.8 Å². The summed E-state index contributed by atoms with van der Waals surface area (Å²) < 4.78 is 0. The number of aliphatic hydroxyl groups is 1. The van der Waals surface area contributed by atoms with Crippen LogP contribution in [-0.4, -0.2) is 16.2 Å². The molecule has 0 saturated carbocycles. The summed E-state index contributed by atoms with van der Waals surface area (Å²) in [5.74, 6) is -0.262. The predicted octanol–water partition coefficient (Wildman–Crippen LogP) is 5.55. The van der Waals surface area contributed by atoms with Gasteiger partial charge in [0.05, 0.1) is 5.76 Å². The summed E-state index contributed by atoms with van der Waals surface area (Å²) in [6.07, 6.45) is 19.1.